The minimum absolute atomic E-state index is 0.266. The molecule has 5 rings (SSSR count). The average molecular weight is 530 g/mol. The molecule has 9 heteroatoms. The SMILES string of the molecule is C=CCN1C(=O)/C(=c2\sc3n(c2=O)[C@@H](c2cccc(OC)c2)C(C(=O)OC(C)C)=C(C)N=3)c2ccccc21. The van der Waals surface area contributed by atoms with E-state index in [-0.39, 0.29) is 22.1 Å². The number of nitrogens with zero attached hydrogens (tertiary/aromatic N) is 3. The molecule has 194 valence electrons. The van der Waals surface area contributed by atoms with Crippen LogP contribution in [0.5, 0.6) is 5.75 Å². The molecule has 0 saturated carbocycles. The molecule has 2 aliphatic rings. The Bertz CT molecular complexity index is 1700. The summed E-state index contributed by atoms with van der Waals surface area (Å²) < 4.78 is 12.7. The van der Waals surface area contributed by atoms with Gasteiger partial charge >= 0.3 is 5.97 Å². The highest BCUT2D eigenvalue weighted by Crippen LogP contribution is 2.36. The Morgan fingerprint density at radius 1 is 1.18 bits per heavy atom. The summed E-state index contributed by atoms with van der Waals surface area (Å²) in [5, 5.41) is 0. The van der Waals surface area contributed by atoms with Gasteiger partial charge in [0.1, 0.15) is 10.3 Å². The standard InChI is InChI=1S/C29H27N3O5S/c1-6-14-31-21-13-8-7-12-20(21)23(26(31)33)25-27(34)32-24(18-10-9-11-19(15-18)36-5)22(28(35)37-16(2)3)17(4)30-29(32)38-25/h6-13,15-16,24H,1,14H2,2-5H3/b25-23-/t24-/m0/s1. The molecule has 0 saturated heterocycles. The van der Waals surface area contributed by atoms with Crippen molar-refractivity contribution >= 4 is 34.5 Å². The number of carbonyl (C=O) groups is 2. The zero-order valence-electron chi connectivity index (χ0n) is 21.6. The van der Waals surface area contributed by atoms with Gasteiger partial charge in [0.2, 0.25) is 0 Å². The van der Waals surface area contributed by atoms with E-state index >= 15 is 0 Å². The first kappa shape index (κ1) is 25.4. The third kappa shape index (κ3) is 4.09. The summed E-state index contributed by atoms with van der Waals surface area (Å²) in [5.74, 6) is -0.241. The maximum Gasteiger partial charge on any atom is 0.338 e. The zero-order chi connectivity index (χ0) is 27.1. The Kier molecular flexibility index (Phi) is 6.62. The van der Waals surface area contributed by atoms with Crippen molar-refractivity contribution < 1.29 is 19.1 Å². The molecular formula is C29H27N3O5S. The predicted octanol–water partition coefficient (Wildman–Crippen LogP) is 3.10. The lowest BCUT2D eigenvalue weighted by molar-refractivity contribution is -0.143. The van der Waals surface area contributed by atoms with Crippen LogP contribution < -0.4 is 24.5 Å². The minimum atomic E-state index is -0.807. The second-order valence-corrected chi connectivity index (χ2v) is 10.2. The van der Waals surface area contributed by atoms with Crippen LogP contribution in [-0.4, -0.2) is 36.2 Å². The largest absolute Gasteiger partial charge is 0.497 e. The molecule has 1 aromatic heterocycles. The normalized spacial score (nSPS) is 17.8. The third-order valence-electron chi connectivity index (χ3n) is 6.43. The number of hydrogen-bond acceptors (Lipinski definition) is 7. The lowest BCUT2D eigenvalue weighted by Crippen LogP contribution is -2.41. The molecule has 2 aromatic carbocycles. The highest BCUT2D eigenvalue weighted by molar-refractivity contribution is 7.07. The number of rotatable bonds is 6. The lowest BCUT2D eigenvalue weighted by atomic mass is 9.95. The van der Waals surface area contributed by atoms with Crippen LogP contribution in [0.15, 0.2) is 82.2 Å². The number of carbonyl (C=O) groups excluding carboxylic acids is 2. The summed E-state index contributed by atoms with van der Waals surface area (Å²) in [7, 11) is 1.55. The number of fused-ring (bicyclic) bond motifs is 2. The van der Waals surface area contributed by atoms with Gasteiger partial charge in [-0.1, -0.05) is 47.7 Å². The van der Waals surface area contributed by atoms with Crippen molar-refractivity contribution in [3.63, 3.8) is 0 Å². The van der Waals surface area contributed by atoms with Crippen molar-refractivity contribution in [3.05, 3.63) is 103 Å². The van der Waals surface area contributed by atoms with Crippen LogP contribution in [-0.2, 0) is 14.3 Å². The first-order chi connectivity index (χ1) is 18.3. The molecule has 0 N–H and O–H groups in total. The Morgan fingerprint density at radius 3 is 2.66 bits per heavy atom. The average Bonchev–Trinajstić information content (AvgIpc) is 3.35. The third-order valence-corrected chi connectivity index (χ3v) is 7.48. The van der Waals surface area contributed by atoms with E-state index in [1.54, 1.807) is 57.1 Å². The summed E-state index contributed by atoms with van der Waals surface area (Å²) in [6.45, 7) is 9.35. The number of amides is 1. The van der Waals surface area contributed by atoms with E-state index in [0.717, 1.165) is 17.0 Å². The number of benzene rings is 2. The lowest BCUT2D eigenvalue weighted by Gasteiger charge is -2.25. The van der Waals surface area contributed by atoms with E-state index in [1.165, 1.54) is 4.57 Å². The van der Waals surface area contributed by atoms with Crippen molar-refractivity contribution in [1.29, 1.82) is 0 Å². The van der Waals surface area contributed by atoms with Gasteiger partial charge in [-0.3, -0.25) is 14.2 Å². The monoisotopic (exact) mass is 529 g/mol. The Morgan fingerprint density at radius 2 is 1.95 bits per heavy atom. The van der Waals surface area contributed by atoms with Gasteiger partial charge in [-0.25, -0.2) is 9.79 Å². The fourth-order valence-corrected chi connectivity index (χ4v) is 5.98. The number of aromatic nitrogens is 1. The van der Waals surface area contributed by atoms with Crippen LogP contribution in [0.4, 0.5) is 5.69 Å². The fraction of sp³-hybridized carbons (Fsp3) is 0.241. The molecule has 8 nitrogen and oxygen atoms in total. The van der Waals surface area contributed by atoms with Gasteiger partial charge in [0.05, 0.1) is 41.8 Å². The number of allylic oxidation sites excluding steroid dienone is 1. The molecule has 3 heterocycles. The summed E-state index contributed by atoms with van der Waals surface area (Å²) in [6.07, 6.45) is 1.29. The molecule has 0 radical (unpaired) electrons. The van der Waals surface area contributed by atoms with Crippen molar-refractivity contribution in [3.8, 4) is 5.75 Å². The van der Waals surface area contributed by atoms with E-state index in [2.05, 4.69) is 11.6 Å². The van der Waals surface area contributed by atoms with Gasteiger partial charge in [0, 0.05) is 12.1 Å². The number of ether oxygens (including phenoxy) is 2. The first-order valence-electron chi connectivity index (χ1n) is 12.2. The van der Waals surface area contributed by atoms with Crippen LogP contribution in [0.2, 0.25) is 0 Å². The van der Waals surface area contributed by atoms with Gasteiger partial charge in [0.25, 0.3) is 11.5 Å². The van der Waals surface area contributed by atoms with Gasteiger partial charge in [-0.15, -0.1) is 6.58 Å². The van der Waals surface area contributed by atoms with Gasteiger partial charge in [0.15, 0.2) is 4.80 Å². The number of esters is 1. The van der Waals surface area contributed by atoms with Gasteiger partial charge in [-0.2, -0.15) is 0 Å². The second-order valence-electron chi connectivity index (χ2n) is 9.23. The van der Waals surface area contributed by atoms with Gasteiger partial charge < -0.3 is 14.4 Å². The van der Waals surface area contributed by atoms with Crippen LogP contribution in [0.25, 0.3) is 5.57 Å². The highest BCUT2D eigenvalue weighted by Gasteiger charge is 2.37. The van der Waals surface area contributed by atoms with Crippen molar-refractivity contribution in [2.24, 2.45) is 4.99 Å². The molecule has 0 spiro atoms. The molecular weight excluding hydrogens is 502 g/mol. The maximum absolute atomic E-state index is 14.2. The van der Waals surface area contributed by atoms with E-state index in [9.17, 15) is 14.4 Å². The molecule has 38 heavy (non-hydrogen) atoms. The summed E-state index contributed by atoms with van der Waals surface area (Å²) in [5.41, 5.74) is 2.71. The number of hydrogen-bond donors (Lipinski definition) is 0. The molecule has 0 aliphatic carbocycles. The Balaban J connectivity index is 1.81. The number of para-hydroxylation sites is 1. The first-order valence-corrected chi connectivity index (χ1v) is 13.0. The Hall–Kier alpha value is -4.24. The quantitative estimate of drug-likeness (QED) is 0.362. The number of methoxy groups -OCH3 is 1. The van der Waals surface area contributed by atoms with E-state index in [1.807, 2.05) is 30.3 Å². The van der Waals surface area contributed by atoms with Gasteiger partial charge in [-0.05, 0) is 44.5 Å². The molecule has 1 atom stereocenters. The summed E-state index contributed by atoms with van der Waals surface area (Å²) in [4.78, 5) is 47.7. The maximum atomic E-state index is 14.2. The van der Waals surface area contributed by atoms with E-state index < -0.39 is 17.6 Å². The fourth-order valence-electron chi connectivity index (χ4n) is 4.85. The van der Waals surface area contributed by atoms with Crippen molar-refractivity contribution in [1.82, 2.24) is 4.57 Å². The highest BCUT2D eigenvalue weighted by atomic mass is 32.1. The van der Waals surface area contributed by atoms with Crippen LogP contribution >= 0.6 is 11.3 Å². The molecule has 3 aromatic rings. The van der Waals surface area contributed by atoms with E-state index in [4.69, 9.17) is 9.47 Å². The summed E-state index contributed by atoms with van der Waals surface area (Å²) >= 11 is 1.14. The molecule has 2 aliphatic heterocycles. The predicted molar refractivity (Wildman–Crippen MR) is 146 cm³/mol. The smallest absolute Gasteiger partial charge is 0.338 e. The van der Waals surface area contributed by atoms with Crippen molar-refractivity contribution in [2.75, 3.05) is 18.6 Å². The van der Waals surface area contributed by atoms with Crippen LogP contribution in [0, 0.1) is 0 Å². The molecule has 0 fully saturated rings. The zero-order valence-corrected chi connectivity index (χ0v) is 22.4. The van der Waals surface area contributed by atoms with Crippen molar-refractivity contribution in [2.45, 2.75) is 32.9 Å². The Labute approximate surface area is 223 Å². The van der Waals surface area contributed by atoms with Crippen LogP contribution in [0.3, 0.4) is 0 Å². The molecule has 0 unspecified atom stereocenters. The van der Waals surface area contributed by atoms with E-state index in [0.29, 0.717) is 39.5 Å². The number of thiazole rings is 1. The number of anilines is 1. The van der Waals surface area contributed by atoms with Crippen LogP contribution in [0.1, 0.15) is 37.9 Å². The second kappa shape index (κ2) is 9.90. The molecule has 0 bridgehead atoms. The minimum Gasteiger partial charge on any atom is -0.497 e. The topological polar surface area (TPSA) is 90.2 Å². The molecule has 1 amide bonds. The summed E-state index contributed by atoms with van der Waals surface area (Å²) in [6, 6.07) is 13.8.